The van der Waals surface area contributed by atoms with E-state index < -0.39 is 0 Å². The van der Waals surface area contributed by atoms with Crippen LogP contribution in [0, 0.1) is 0 Å². The molecule has 2 bridgehead atoms. The molecule has 0 amide bonds. The van der Waals surface area contributed by atoms with E-state index in [0.717, 1.165) is 72.9 Å². The lowest BCUT2D eigenvalue weighted by Gasteiger charge is -2.42. The Morgan fingerprint density at radius 3 is 1.24 bits per heavy atom. The number of benzene rings is 9. The summed E-state index contributed by atoms with van der Waals surface area (Å²) in [5.41, 5.74) is 19.6. The summed E-state index contributed by atoms with van der Waals surface area (Å²) in [7, 11) is 0. The van der Waals surface area contributed by atoms with E-state index >= 15 is 0 Å². The van der Waals surface area contributed by atoms with E-state index in [2.05, 4.69) is 174 Å². The van der Waals surface area contributed by atoms with Crippen LogP contribution in [0.4, 0.5) is 0 Å². The van der Waals surface area contributed by atoms with Crippen molar-refractivity contribution in [3.8, 4) is 85.1 Å². The maximum Gasteiger partial charge on any atom is 0.164 e. The minimum atomic E-state index is 0.0357. The lowest BCUT2D eigenvalue weighted by atomic mass is 9.60. The number of hydrogen-bond donors (Lipinski definition) is 0. The molecule has 3 aliphatic carbocycles. The molecule has 71 heavy (non-hydrogen) atoms. The molecule has 0 spiro atoms. The van der Waals surface area contributed by atoms with Crippen LogP contribution in [0.3, 0.4) is 0 Å². The fourth-order valence-corrected chi connectivity index (χ4v) is 10.8. The van der Waals surface area contributed by atoms with Gasteiger partial charge in [0.1, 0.15) is 5.82 Å². The smallest absolute Gasteiger partial charge is 0.164 e. The highest BCUT2D eigenvalue weighted by Gasteiger charge is 2.41. The van der Waals surface area contributed by atoms with Crippen LogP contribution in [-0.2, 0) is 0 Å². The van der Waals surface area contributed by atoms with Crippen LogP contribution < -0.4 is 0 Å². The first-order valence-corrected chi connectivity index (χ1v) is 24.0. The van der Waals surface area contributed by atoms with Crippen molar-refractivity contribution in [3.63, 3.8) is 0 Å². The summed E-state index contributed by atoms with van der Waals surface area (Å²) in [6.07, 6.45) is 0. The largest absolute Gasteiger partial charge is 0.292 e. The van der Waals surface area contributed by atoms with Crippen LogP contribution in [0.2, 0.25) is 0 Å². The van der Waals surface area contributed by atoms with E-state index in [0.29, 0.717) is 23.3 Å². The average Bonchev–Trinajstić information content (AvgIpc) is 3.85. The normalized spacial score (nSPS) is 14.2. The Balaban J connectivity index is 0.865. The van der Waals surface area contributed by atoms with Gasteiger partial charge in [-0.25, -0.2) is 29.9 Å². The zero-order valence-corrected chi connectivity index (χ0v) is 38.3. The first kappa shape index (κ1) is 40.6. The van der Waals surface area contributed by atoms with Crippen molar-refractivity contribution in [1.29, 1.82) is 0 Å². The second-order valence-corrected chi connectivity index (χ2v) is 18.2. The van der Waals surface area contributed by atoms with E-state index in [-0.39, 0.29) is 11.8 Å². The Kier molecular flexibility index (Phi) is 9.52. The molecule has 3 heterocycles. The summed E-state index contributed by atoms with van der Waals surface area (Å²) < 4.78 is 2.24. The standard InChI is InChI=1S/C64H41N7/c1-5-17-41(18-6-1)60-65-55(40-29-33-47(34-30-40)71-57-28-16-15-27-54(57)67-64(71)44-23-11-4-12-24-44)39-56(66-60)45-31-35-50-52(37-45)58-48-25-13-14-26-49(48)59(50)53-38-46(32-36-51(53)58)63-69-61(42-19-7-2-8-20-42)68-62(70-63)43-21-9-3-10-22-43/h1-39,58-59H. The van der Waals surface area contributed by atoms with Crippen LogP contribution in [-0.4, -0.2) is 34.5 Å². The zero-order chi connectivity index (χ0) is 46.8. The van der Waals surface area contributed by atoms with E-state index in [1.165, 1.54) is 33.4 Å². The molecule has 0 fully saturated rings. The molecule has 7 heteroatoms. The molecule has 0 saturated carbocycles. The Morgan fingerprint density at radius 2 is 0.676 bits per heavy atom. The number of aromatic nitrogens is 7. The van der Waals surface area contributed by atoms with E-state index in [4.69, 9.17) is 29.9 Å². The molecule has 2 unspecified atom stereocenters. The van der Waals surface area contributed by atoms with E-state index in [1.54, 1.807) is 0 Å². The first-order valence-electron chi connectivity index (χ1n) is 24.0. The summed E-state index contributed by atoms with van der Waals surface area (Å²) in [4.78, 5) is 30.8. The molecule has 15 rings (SSSR count). The number of rotatable bonds is 8. The van der Waals surface area contributed by atoms with Gasteiger partial charge >= 0.3 is 0 Å². The highest BCUT2D eigenvalue weighted by Crippen LogP contribution is 2.56. The van der Waals surface area contributed by atoms with Crippen molar-refractivity contribution in [2.75, 3.05) is 0 Å². The molecule has 0 aliphatic heterocycles. The van der Waals surface area contributed by atoms with Gasteiger partial charge in [-0.05, 0) is 75.8 Å². The Labute approximate surface area is 410 Å². The number of imidazole rings is 1. The quantitative estimate of drug-likeness (QED) is 0.151. The first-order chi connectivity index (χ1) is 35.2. The number of fused-ring (bicyclic) bond motifs is 1. The summed E-state index contributed by atoms with van der Waals surface area (Å²) in [5.74, 6) is 3.61. The minimum absolute atomic E-state index is 0.0357. The second kappa shape index (κ2) is 16.6. The maximum absolute atomic E-state index is 5.30. The highest BCUT2D eigenvalue weighted by molar-refractivity contribution is 5.84. The maximum atomic E-state index is 5.30. The monoisotopic (exact) mass is 907 g/mol. The van der Waals surface area contributed by atoms with E-state index in [1.807, 2.05) is 66.7 Å². The van der Waals surface area contributed by atoms with Gasteiger partial charge in [0, 0.05) is 56.5 Å². The lowest BCUT2D eigenvalue weighted by molar-refractivity contribution is 0.754. The van der Waals surface area contributed by atoms with Crippen molar-refractivity contribution in [2.24, 2.45) is 0 Å². The lowest BCUT2D eigenvalue weighted by Crippen LogP contribution is -2.27. The number of hydrogen-bond acceptors (Lipinski definition) is 6. The van der Waals surface area contributed by atoms with E-state index in [9.17, 15) is 0 Å². The molecule has 332 valence electrons. The summed E-state index contributed by atoms with van der Waals surface area (Å²) in [6, 6.07) is 82.8. The zero-order valence-electron chi connectivity index (χ0n) is 38.3. The minimum Gasteiger partial charge on any atom is -0.292 e. The summed E-state index contributed by atoms with van der Waals surface area (Å²) in [6.45, 7) is 0. The van der Waals surface area contributed by atoms with Crippen LogP contribution in [0.5, 0.6) is 0 Å². The molecule has 3 aromatic heterocycles. The Bertz CT molecular complexity index is 3930. The molecule has 0 saturated heterocycles. The van der Waals surface area contributed by atoms with Crippen LogP contribution >= 0.6 is 0 Å². The van der Waals surface area contributed by atoms with Gasteiger partial charge in [0.25, 0.3) is 0 Å². The van der Waals surface area contributed by atoms with Crippen molar-refractivity contribution in [2.45, 2.75) is 11.8 Å². The topological polar surface area (TPSA) is 82.3 Å². The number of para-hydroxylation sites is 2. The average molecular weight is 908 g/mol. The molecule has 9 aromatic carbocycles. The van der Waals surface area contributed by atoms with Crippen molar-refractivity contribution >= 4 is 11.0 Å². The predicted octanol–water partition coefficient (Wildman–Crippen LogP) is 14.7. The van der Waals surface area contributed by atoms with Crippen LogP contribution in [0.15, 0.2) is 237 Å². The van der Waals surface area contributed by atoms with Crippen molar-refractivity contribution in [3.05, 3.63) is 270 Å². The van der Waals surface area contributed by atoms with Gasteiger partial charge in [0.15, 0.2) is 23.3 Å². The molecule has 3 aliphatic rings. The summed E-state index contributed by atoms with van der Waals surface area (Å²) in [5, 5.41) is 0. The molecular formula is C64H41N7. The third-order valence-electron chi connectivity index (χ3n) is 14.1. The molecule has 2 atom stereocenters. The molecule has 12 aromatic rings. The molecule has 0 radical (unpaired) electrons. The third kappa shape index (κ3) is 6.97. The summed E-state index contributed by atoms with van der Waals surface area (Å²) >= 11 is 0. The van der Waals surface area contributed by atoms with Crippen molar-refractivity contribution < 1.29 is 0 Å². The van der Waals surface area contributed by atoms with Gasteiger partial charge < -0.3 is 0 Å². The Hall–Kier alpha value is -9.46. The highest BCUT2D eigenvalue weighted by atomic mass is 15.1. The van der Waals surface area contributed by atoms with Gasteiger partial charge in [-0.3, -0.25) is 4.57 Å². The predicted molar refractivity (Wildman–Crippen MR) is 283 cm³/mol. The van der Waals surface area contributed by atoms with Gasteiger partial charge in [-0.2, -0.15) is 0 Å². The van der Waals surface area contributed by atoms with Gasteiger partial charge in [0.05, 0.1) is 22.4 Å². The Morgan fingerprint density at radius 1 is 0.268 bits per heavy atom. The van der Waals surface area contributed by atoms with Crippen molar-refractivity contribution in [1.82, 2.24) is 34.5 Å². The van der Waals surface area contributed by atoms with Gasteiger partial charge in [-0.1, -0.05) is 194 Å². The fraction of sp³-hybridized carbons (Fsp3) is 0.0312. The SMILES string of the molecule is c1ccc(-c2nc(-c3ccc(-n4c(-c5ccccc5)nc5ccccc54)cc3)cc(-c3ccc4c(c3)C3c5ccccc5C4c4cc(-c5nc(-c6ccccc6)nc(-c6ccccc6)n5)ccc43)n2)cc1. The van der Waals surface area contributed by atoms with Gasteiger partial charge in [0.2, 0.25) is 0 Å². The third-order valence-corrected chi connectivity index (χ3v) is 14.1. The molecular weight excluding hydrogens is 867 g/mol. The molecule has 7 nitrogen and oxygen atoms in total. The second-order valence-electron chi connectivity index (χ2n) is 18.2. The van der Waals surface area contributed by atoms with Gasteiger partial charge in [-0.15, -0.1) is 0 Å². The number of nitrogens with zero attached hydrogens (tertiary/aromatic N) is 7. The fourth-order valence-electron chi connectivity index (χ4n) is 10.8. The van der Waals surface area contributed by atoms with Crippen LogP contribution in [0.1, 0.15) is 45.2 Å². The molecule has 0 N–H and O–H groups in total. The van der Waals surface area contributed by atoms with Crippen LogP contribution in [0.25, 0.3) is 96.2 Å².